The highest BCUT2D eigenvalue weighted by molar-refractivity contribution is 14.1. The molecule has 0 radical (unpaired) electrons. The Kier molecular flexibility index (Phi) is 6.01. The quantitative estimate of drug-likeness (QED) is 0.265. The number of carbonyl (C=O) groups is 1. The first-order valence-electron chi connectivity index (χ1n) is 6.88. The summed E-state index contributed by atoms with van der Waals surface area (Å²) in [7, 11) is -4.25. The standard InChI is InChI=1S/C15H12ClIN2O5S/c1-10(15(16)20)18(12-7-5-11(17)6-8-12)25(23,24)14-4-2-3-13(9-14)19(21)22/h2-10H,1H3. The molecule has 132 valence electrons. The van der Waals surface area contributed by atoms with Gasteiger partial charge in [0.1, 0.15) is 6.04 Å². The molecule has 25 heavy (non-hydrogen) atoms. The first-order chi connectivity index (χ1) is 11.6. The molecule has 0 spiro atoms. The number of non-ortho nitro benzene ring substituents is 1. The van der Waals surface area contributed by atoms with Crippen molar-refractivity contribution >= 4 is 60.8 Å². The van der Waals surface area contributed by atoms with Gasteiger partial charge in [-0.25, -0.2) is 8.42 Å². The lowest BCUT2D eigenvalue weighted by molar-refractivity contribution is -0.385. The van der Waals surface area contributed by atoms with Crippen molar-refractivity contribution in [2.75, 3.05) is 4.31 Å². The van der Waals surface area contributed by atoms with Crippen molar-refractivity contribution < 1.29 is 18.1 Å². The molecule has 0 amide bonds. The molecule has 0 heterocycles. The number of carbonyl (C=O) groups excluding carboxylic acids is 1. The van der Waals surface area contributed by atoms with Crippen LogP contribution in [0.15, 0.2) is 53.4 Å². The van der Waals surface area contributed by atoms with Crippen molar-refractivity contribution in [3.8, 4) is 0 Å². The summed E-state index contributed by atoms with van der Waals surface area (Å²) in [5.41, 5.74) is -0.137. The Morgan fingerprint density at radius 2 is 1.84 bits per heavy atom. The van der Waals surface area contributed by atoms with Crippen LogP contribution in [0.4, 0.5) is 11.4 Å². The van der Waals surface area contributed by atoms with E-state index in [0.717, 1.165) is 13.9 Å². The summed E-state index contributed by atoms with van der Waals surface area (Å²) in [6.45, 7) is 1.35. The average molecular weight is 495 g/mol. The van der Waals surface area contributed by atoms with Crippen LogP contribution in [0.25, 0.3) is 0 Å². The monoisotopic (exact) mass is 494 g/mol. The zero-order valence-corrected chi connectivity index (χ0v) is 16.5. The normalized spacial score (nSPS) is 12.4. The predicted octanol–water partition coefficient (Wildman–Crippen LogP) is 3.55. The van der Waals surface area contributed by atoms with Gasteiger partial charge in [-0.1, -0.05) is 6.07 Å². The minimum absolute atomic E-state index is 0.230. The minimum Gasteiger partial charge on any atom is -0.279 e. The molecule has 0 aromatic heterocycles. The molecule has 0 bridgehead atoms. The fraction of sp³-hybridized carbons (Fsp3) is 0.133. The Bertz CT molecular complexity index is 918. The van der Waals surface area contributed by atoms with Crippen molar-refractivity contribution in [1.82, 2.24) is 0 Å². The number of benzene rings is 2. The van der Waals surface area contributed by atoms with Gasteiger partial charge in [-0.2, -0.15) is 0 Å². The van der Waals surface area contributed by atoms with Gasteiger partial charge in [-0.15, -0.1) is 0 Å². The van der Waals surface area contributed by atoms with Crippen LogP contribution in [0.2, 0.25) is 0 Å². The van der Waals surface area contributed by atoms with Crippen LogP contribution in [0.1, 0.15) is 6.92 Å². The highest BCUT2D eigenvalue weighted by atomic mass is 127. The highest BCUT2D eigenvalue weighted by Crippen LogP contribution is 2.29. The minimum atomic E-state index is -4.25. The van der Waals surface area contributed by atoms with Gasteiger partial charge in [-0.05, 0) is 71.4 Å². The Morgan fingerprint density at radius 1 is 1.24 bits per heavy atom. The van der Waals surface area contributed by atoms with Gasteiger partial charge in [0.2, 0.25) is 5.24 Å². The van der Waals surface area contributed by atoms with Gasteiger partial charge >= 0.3 is 0 Å². The lowest BCUT2D eigenvalue weighted by atomic mass is 10.3. The van der Waals surface area contributed by atoms with E-state index in [4.69, 9.17) is 11.6 Å². The number of nitro groups is 1. The van der Waals surface area contributed by atoms with Gasteiger partial charge in [0.05, 0.1) is 15.5 Å². The summed E-state index contributed by atoms with van der Waals surface area (Å²) in [5.74, 6) is 0. The molecule has 7 nitrogen and oxygen atoms in total. The molecule has 0 aliphatic rings. The van der Waals surface area contributed by atoms with E-state index in [2.05, 4.69) is 22.6 Å². The second-order valence-electron chi connectivity index (χ2n) is 5.01. The fourth-order valence-electron chi connectivity index (χ4n) is 2.12. The molecule has 0 aliphatic heterocycles. The van der Waals surface area contributed by atoms with Gasteiger partial charge in [-0.3, -0.25) is 19.2 Å². The largest absolute Gasteiger partial charge is 0.279 e. The van der Waals surface area contributed by atoms with Gasteiger partial charge in [0.25, 0.3) is 15.7 Å². The summed E-state index contributed by atoms with van der Waals surface area (Å²) >= 11 is 7.58. The van der Waals surface area contributed by atoms with E-state index in [1.807, 2.05) is 0 Å². The van der Waals surface area contributed by atoms with E-state index in [-0.39, 0.29) is 16.3 Å². The topological polar surface area (TPSA) is 97.6 Å². The van der Waals surface area contributed by atoms with Crippen LogP contribution >= 0.6 is 34.2 Å². The molecule has 1 unspecified atom stereocenters. The van der Waals surface area contributed by atoms with Crippen molar-refractivity contribution in [3.63, 3.8) is 0 Å². The van der Waals surface area contributed by atoms with E-state index < -0.39 is 26.2 Å². The summed E-state index contributed by atoms with van der Waals surface area (Å²) in [4.78, 5) is 21.6. The van der Waals surface area contributed by atoms with Crippen molar-refractivity contribution in [1.29, 1.82) is 0 Å². The van der Waals surface area contributed by atoms with Gasteiger partial charge in [0, 0.05) is 15.7 Å². The Labute approximate surface area is 162 Å². The van der Waals surface area contributed by atoms with E-state index in [1.165, 1.54) is 37.3 Å². The maximum atomic E-state index is 13.0. The molecule has 0 saturated carbocycles. The van der Waals surface area contributed by atoms with E-state index >= 15 is 0 Å². The van der Waals surface area contributed by atoms with Crippen molar-refractivity contribution in [3.05, 3.63) is 62.2 Å². The Balaban J connectivity index is 2.63. The van der Waals surface area contributed by atoms with E-state index in [0.29, 0.717) is 0 Å². The second kappa shape index (κ2) is 7.67. The molecule has 2 aromatic rings. The number of halogens is 2. The first kappa shape index (κ1) is 19.6. The zero-order valence-electron chi connectivity index (χ0n) is 12.8. The Hall–Kier alpha value is -1.72. The van der Waals surface area contributed by atoms with Crippen LogP contribution in [0, 0.1) is 13.7 Å². The summed E-state index contributed by atoms with van der Waals surface area (Å²) in [6.07, 6.45) is 0. The van der Waals surface area contributed by atoms with Crippen LogP contribution in [0.5, 0.6) is 0 Å². The SMILES string of the molecule is CC(C(=O)Cl)N(c1ccc(I)cc1)S(=O)(=O)c1cccc([N+](=O)[O-])c1. The molecule has 1 atom stereocenters. The lowest BCUT2D eigenvalue weighted by Gasteiger charge is -2.28. The fourth-order valence-corrected chi connectivity index (χ4v) is 4.30. The van der Waals surface area contributed by atoms with Crippen LogP contribution in [-0.4, -0.2) is 24.6 Å². The van der Waals surface area contributed by atoms with Gasteiger partial charge < -0.3 is 0 Å². The lowest BCUT2D eigenvalue weighted by Crippen LogP contribution is -2.42. The third-order valence-corrected chi connectivity index (χ3v) is 6.28. The first-order valence-corrected chi connectivity index (χ1v) is 9.78. The highest BCUT2D eigenvalue weighted by Gasteiger charge is 2.33. The number of sulfonamides is 1. The smallest absolute Gasteiger partial charge is 0.270 e. The molecule has 0 aliphatic carbocycles. The zero-order chi connectivity index (χ0) is 18.8. The molecule has 0 N–H and O–H groups in total. The number of anilines is 1. The number of nitrogens with zero attached hydrogens (tertiary/aromatic N) is 2. The van der Waals surface area contributed by atoms with Crippen LogP contribution in [-0.2, 0) is 14.8 Å². The summed E-state index contributed by atoms with van der Waals surface area (Å²) in [6, 6.07) is 9.86. The molecule has 0 fully saturated rings. The molecule has 10 heteroatoms. The maximum Gasteiger partial charge on any atom is 0.270 e. The maximum absolute atomic E-state index is 13.0. The van der Waals surface area contributed by atoms with Crippen molar-refractivity contribution in [2.45, 2.75) is 17.9 Å². The third-order valence-electron chi connectivity index (χ3n) is 3.35. The number of rotatable bonds is 6. The van der Waals surface area contributed by atoms with E-state index in [1.54, 1.807) is 12.1 Å². The third kappa shape index (κ3) is 4.28. The molecule has 2 aromatic carbocycles. The number of hydrogen-bond donors (Lipinski definition) is 0. The van der Waals surface area contributed by atoms with Crippen LogP contribution < -0.4 is 4.31 Å². The van der Waals surface area contributed by atoms with Crippen molar-refractivity contribution in [2.24, 2.45) is 0 Å². The van der Waals surface area contributed by atoms with E-state index in [9.17, 15) is 23.3 Å². The molecular weight excluding hydrogens is 483 g/mol. The summed E-state index contributed by atoms with van der Waals surface area (Å²) in [5, 5.41) is 10.1. The molecule has 2 rings (SSSR count). The summed E-state index contributed by atoms with van der Waals surface area (Å²) < 4.78 is 27.8. The average Bonchev–Trinajstić information content (AvgIpc) is 2.56. The van der Waals surface area contributed by atoms with Gasteiger partial charge in [0.15, 0.2) is 0 Å². The predicted molar refractivity (Wildman–Crippen MR) is 102 cm³/mol. The van der Waals surface area contributed by atoms with Crippen LogP contribution in [0.3, 0.4) is 0 Å². The Morgan fingerprint density at radius 3 is 2.36 bits per heavy atom. The molecular formula is C15H12ClIN2O5S. The second-order valence-corrected chi connectivity index (χ2v) is 8.44. The number of hydrogen-bond acceptors (Lipinski definition) is 5. The number of nitro benzene ring substituents is 1. The molecule has 0 saturated heterocycles.